The summed E-state index contributed by atoms with van der Waals surface area (Å²) in [6, 6.07) is 12.3. The number of para-hydroxylation sites is 1. The van der Waals surface area contributed by atoms with Crippen LogP contribution in [0, 0.1) is 17.5 Å². The lowest BCUT2D eigenvalue weighted by Gasteiger charge is -2.09. The van der Waals surface area contributed by atoms with Crippen LogP contribution in [-0.4, -0.2) is 10.9 Å². The topological polar surface area (TPSA) is 54.0 Å². The van der Waals surface area contributed by atoms with Gasteiger partial charge in [-0.15, -0.1) is 0 Å². The summed E-state index contributed by atoms with van der Waals surface area (Å²) in [5.41, 5.74) is 0.616. The molecule has 1 heterocycles. The Labute approximate surface area is 147 Å². The third kappa shape index (κ3) is 4.38. The number of nitrogens with zero attached hydrogens (tertiary/aromatic N) is 1. The first-order chi connectivity index (χ1) is 12.5. The first kappa shape index (κ1) is 17.5. The number of carbonyl (C=O) groups excluding carboxylic acids is 1. The van der Waals surface area contributed by atoms with Crippen molar-refractivity contribution in [2.75, 3.05) is 10.6 Å². The Hall–Kier alpha value is -3.35. The van der Waals surface area contributed by atoms with Crippen LogP contribution in [0.25, 0.3) is 0 Å². The van der Waals surface area contributed by atoms with E-state index in [9.17, 15) is 18.0 Å². The second kappa shape index (κ2) is 7.69. The molecule has 0 bridgehead atoms. The maximum atomic E-state index is 13.6. The lowest BCUT2D eigenvalue weighted by Crippen LogP contribution is -2.15. The average molecular weight is 357 g/mol. The number of benzene rings is 2. The van der Waals surface area contributed by atoms with Gasteiger partial charge < -0.3 is 10.6 Å². The Morgan fingerprint density at radius 1 is 0.962 bits per heavy atom. The molecule has 132 valence electrons. The van der Waals surface area contributed by atoms with E-state index in [-0.39, 0.29) is 23.8 Å². The third-order valence-corrected chi connectivity index (χ3v) is 3.52. The highest BCUT2D eigenvalue weighted by molar-refractivity contribution is 5.91. The SMILES string of the molecule is O=C(Cc1cccc(F)c1)Nc1ccc(Nc2c(F)cccc2F)cn1. The van der Waals surface area contributed by atoms with E-state index in [0.717, 1.165) is 12.1 Å². The molecule has 0 aliphatic carbocycles. The van der Waals surface area contributed by atoms with Crippen LogP contribution in [0.1, 0.15) is 5.56 Å². The maximum absolute atomic E-state index is 13.6. The number of hydrogen-bond donors (Lipinski definition) is 2. The lowest BCUT2D eigenvalue weighted by molar-refractivity contribution is -0.115. The molecule has 3 rings (SSSR count). The molecule has 1 aromatic heterocycles. The Kier molecular flexibility index (Phi) is 5.17. The third-order valence-electron chi connectivity index (χ3n) is 3.52. The van der Waals surface area contributed by atoms with Crippen LogP contribution >= 0.6 is 0 Å². The Morgan fingerprint density at radius 3 is 2.35 bits per heavy atom. The van der Waals surface area contributed by atoms with E-state index in [1.54, 1.807) is 6.07 Å². The number of carbonyl (C=O) groups is 1. The van der Waals surface area contributed by atoms with Gasteiger partial charge in [0.15, 0.2) is 0 Å². The minimum atomic E-state index is -0.725. The van der Waals surface area contributed by atoms with Gasteiger partial charge in [0.05, 0.1) is 18.3 Å². The summed E-state index contributed by atoms with van der Waals surface area (Å²) in [7, 11) is 0. The fourth-order valence-electron chi connectivity index (χ4n) is 2.32. The van der Waals surface area contributed by atoms with Crippen molar-refractivity contribution in [3.8, 4) is 0 Å². The van der Waals surface area contributed by atoms with Crippen molar-refractivity contribution in [2.45, 2.75) is 6.42 Å². The van der Waals surface area contributed by atoms with Crippen LogP contribution in [-0.2, 0) is 11.2 Å². The zero-order valence-electron chi connectivity index (χ0n) is 13.5. The summed E-state index contributed by atoms with van der Waals surface area (Å²) < 4.78 is 40.4. The smallest absolute Gasteiger partial charge is 0.229 e. The van der Waals surface area contributed by atoms with Crippen LogP contribution in [0.3, 0.4) is 0 Å². The predicted octanol–water partition coefficient (Wildman–Crippen LogP) is 4.42. The van der Waals surface area contributed by atoms with Gasteiger partial charge in [0.1, 0.15) is 29.0 Å². The molecule has 26 heavy (non-hydrogen) atoms. The molecule has 0 aliphatic heterocycles. The van der Waals surface area contributed by atoms with E-state index >= 15 is 0 Å². The minimum absolute atomic E-state index is 0.000120. The van der Waals surface area contributed by atoms with E-state index in [0.29, 0.717) is 11.3 Å². The molecular weight excluding hydrogens is 343 g/mol. The first-order valence-corrected chi connectivity index (χ1v) is 7.72. The monoisotopic (exact) mass is 357 g/mol. The van der Waals surface area contributed by atoms with Gasteiger partial charge in [-0.2, -0.15) is 0 Å². The van der Waals surface area contributed by atoms with Gasteiger partial charge in [-0.1, -0.05) is 18.2 Å². The van der Waals surface area contributed by atoms with Gasteiger partial charge in [-0.3, -0.25) is 4.79 Å². The molecule has 0 radical (unpaired) electrons. The van der Waals surface area contributed by atoms with Crippen molar-refractivity contribution >= 4 is 23.1 Å². The van der Waals surface area contributed by atoms with E-state index in [1.165, 1.54) is 42.6 Å². The molecule has 2 aromatic carbocycles. The summed E-state index contributed by atoms with van der Waals surface area (Å²) in [4.78, 5) is 16.0. The van der Waals surface area contributed by atoms with E-state index < -0.39 is 17.5 Å². The molecule has 0 fully saturated rings. The Bertz CT molecular complexity index is 909. The van der Waals surface area contributed by atoms with Crippen LogP contribution in [0.5, 0.6) is 0 Å². The number of halogens is 3. The first-order valence-electron chi connectivity index (χ1n) is 7.72. The van der Waals surface area contributed by atoms with Gasteiger partial charge >= 0.3 is 0 Å². The fourth-order valence-corrected chi connectivity index (χ4v) is 2.32. The number of nitrogens with one attached hydrogen (secondary N) is 2. The van der Waals surface area contributed by atoms with Gasteiger partial charge in [-0.05, 0) is 42.0 Å². The molecule has 0 aliphatic rings. The molecule has 0 spiro atoms. The second-order valence-corrected chi connectivity index (χ2v) is 5.51. The summed E-state index contributed by atoms with van der Waals surface area (Å²) in [6.07, 6.45) is 1.34. The summed E-state index contributed by atoms with van der Waals surface area (Å²) in [6.45, 7) is 0. The van der Waals surface area contributed by atoms with Crippen LogP contribution in [0.4, 0.5) is 30.4 Å². The Morgan fingerprint density at radius 2 is 1.69 bits per heavy atom. The predicted molar refractivity (Wildman–Crippen MR) is 92.6 cm³/mol. The summed E-state index contributed by atoms with van der Waals surface area (Å²) in [5, 5.41) is 5.18. The number of aromatic nitrogens is 1. The average Bonchev–Trinajstić information content (AvgIpc) is 2.60. The zero-order valence-corrected chi connectivity index (χ0v) is 13.5. The fraction of sp³-hybridized carbons (Fsp3) is 0.0526. The quantitative estimate of drug-likeness (QED) is 0.711. The van der Waals surface area contributed by atoms with Gasteiger partial charge in [0.25, 0.3) is 0 Å². The number of rotatable bonds is 5. The van der Waals surface area contributed by atoms with Crippen LogP contribution in [0.2, 0.25) is 0 Å². The highest BCUT2D eigenvalue weighted by atomic mass is 19.1. The maximum Gasteiger partial charge on any atom is 0.229 e. The normalized spacial score (nSPS) is 10.4. The summed E-state index contributed by atoms with van der Waals surface area (Å²) >= 11 is 0. The molecule has 3 aromatic rings. The molecule has 0 saturated carbocycles. The zero-order chi connectivity index (χ0) is 18.5. The molecule has 4 nitrogen and oxygen atoms in total. The number of anilines is 3. The molecule has 1 amide bonds. The molecule has 0 saturated heterocycles. The van der Waals surface area contributed by atoms with Crippen molar-refractivity contribution in [1.82, 2.24) is 4.98 Å². The summed E-state index contributed by atoms with van der Waals surface area (Å²) in [5.74, 6) is -1.95. The van der Waals surface area contributed by atoms with E-state index in [2.05, 4.69) is 15.6 Å². The molecule has 2 N–H and O–H groups in total. The van der Waals surface area contributed by atoms with Crippen molar-refractivity contribution in [3.05, 3.63) is 83.8 Å². The molecule has 0 atom stereocenters. The van der Waals surface area contributed by atoms with Crippen molar-refractivity contribution < 1.29 is 18.0 Å². The molecular formula is C19H14F3N3O. The van der Waals surface area contributed by atoms with Gasteiger partial charge in [0.2, 0.25) is 5.91 Å². The van der Waals surface area contributed by atoms with Gasteiger partial charge in [-0.25, -0.2) is 18.2 Å². The van der Waals surface area contributed by atoms with Gasteiger partial charge in [0, 0.05) is 0 Å². The number of amides is 1. The minimum Gasteiger partial charge on any atom is -0.349 e. The highest BCUT2D eigenvalue weighted by Crippen LogP contribution is 2.23. The molecule has 0 unspecified atom stereocenters. The highest BCUT2D eigenvalue weighted by Gasteiger charge is 2.09. The second-order valence-electron chi connectivity index (χ2n) is 5.51. The standard InChI is InChI=1S/C19H14F3N3O/c20-13-4-1-3-12(9-13)10-18(26)25-17-8-7-14(11-23-17)24-19-15(21)5-2-6-16(19)22/h1-9,11,24H,10H2,(H,23,25,26). The van der Waals surface area contributed by atoms with E-state index in [1.807, 2.05) is 0 Å². The van der Waals surface area contributed by atoms with E-state index in [4.69, 9.17) is 0 Å². The van der Waals surface area contributed by atoms with Crippen LogP contribution in [0.15, 0.2) is 60.8 Å². The lowest BCUT2D eigenvalue weighted by atomic mass is 10.1. The largest absolute Gasteiger partial charge is 0.349 e. The number of pyridine rings is 1. The van der Waals surface area contributed by atoms with Crippen molar-refractivity contribution in [1.29, 1.82) is 0 Å². The van der Waals surface area contributed by atoms with Crippen molar-refractivity contribution in [2.24, 2.45) is 0 Å². The Balaban J connectivity index is 1.63. The number of hydrogen-bond acceptors (Lipinski definition) is 3. The van der Waals surface area contributed by atoms with Crippen molar-refractivity contribution in [3.63, 3.8) is 0 Å². The van der Waals surface area contributed by atoms with Crippen LogP contribution < -0.4 is 10.6 Å². The molecule has 7 heteroatoms.